The van der Waals surface area contributed by atoms with Gasteiger partial charge in [0.2, 0.25) is 0 Å². The summed E-state index contributed by atoms with van der Waals surface area (Å²) in [6.45, 7) is 12.9. The molecule has 4 heterocycles. The van der Waals surface area contributed by atoms with E-state index >= 15 is 0 Å². The maximum atomic E-state index is 11.8. The third-order valence-electron chi connectivity index (χ3n) is 10.4. The molecule has 60 heavy (non-hydrogen) atoms. The summed E-state index contributed by atoms with van der Waals surface area (Å²) in [5.74, 6) is -2.53. The monoisotopic (exact) mass is 831 g/mol. The average molecular weight is 831 g/mol. The number of likely N-dealkylation sites (tertiary alicyclic amines) is 1. The first-order chi connectivity index (χ1) is 29.2. The first kappa shape index (κ1) is 46.9. The molecule has 7 N–H and O–H groups in total. The Kier molecular flexibility index (Phi) is 20.0. The molecule has 0 saturated carbocycles. The van der Waals surface area contributed by atoms with Crippen LogP contribution in [-0.4, -0.2) is 127 Å². The molecule has 0 amide bonds. The van der Waals surface area contributed by atoms with E-state index in [-0.39, 0.29) is 17.9 Å². The summed E-state index contributed by atoms with van der Waals surface area (Å²) in [6.07, 6.45) is 8.99. The lowest BCUT2D eigenvalue weighted by Gasteiger charge is -2.30. The van der Waals surface area contributed by atoms with Crippen molar-refractivity contribution in [1.82, 2.24) is 61.1 Å². The predicted octanol–water partition coefficient (Wildman–Crippen LogP) is 4.65. The van der Waals surface area contributed by atoms with Gasteiger partial charge in [-0.2, -0.15) is 10.4 Å². The van der Waals surface area contributed by atoms with Crippen LogP contribution >= 0.6 is 0 Å². The van der Waals surface area contributed by atoms with Crippen LogP contribution in [0.5, 0.6) is 0 Å². The number of aliphatic hydroxyl groups excluding tert-OH is 1. The van der Waals surface area contributed by atoms with Crippen molar-refractivity contribution in [2.24, 2.45) is 11.8 Å². The van der Waals surface area contributed by atoms with Gasteiger partial charge in [0.05, 0.1) is 30.7 Å². The lowest BCUT2D eigenvalue weighted by molar-refractivity contribution is -0.144. The molecule has 2 aromatic carbocycles. The molecule has 1 unspecified atom stereocenters. The van der Waals surface area contributed by atoms with E-state index in [4.69, 9.17) is 0 Å². The number of tetrazole rings is 2. The number of hydrogen-bond acceptors (Lipinski definition) is 14. The Morgan fingerprint density at radius 1 is 0.783 bits per heavy atom. The minimum Gasteiger partial charge on any atom is -0.481 e. The van der Waals surface area contributed by atoms with Gasteiger partial charge < -0.3 is 26.0 Å². The maximum Gasteiger partial charge on any atom is 0.307 e. The van der Waals surface area contributed by atoms with E-state index in [1.807, 2.05) is 82.4 Å². The Balaban J connectivity index is 0.000000255. The second-order valence-electron chi connectivity index (χ2n) is 14.6. The topological polar surface area (TPSA) is 262 Å². The third kappa shape index (κ3) is 15.1. The number of anilines is 2. The van der Waals surface area contributed by atoms with E-state index in [1.54, 1.807) is 10.9 Å². The van der Waals surface area contributed by atoms with Crippen LogP contribution in [0, 0.1) is 11.8 Å². The maximum absolute atomic E-state index is 11.8. The largest absolute Gasteiger partial charge is 0.481 e. The van der Waals surface area contributed by atoms with Crippen LogP contribution < -0.4 is 10.6 Å². The summed E-state index contributed by atoms with van der Waals surface area (Å²) in [5.41, 5.74) is 4.08. The number of aliphatic carboxylic acids is 2. The number of rotatable bonds is 22. The lowest BCUT2D eigenvalue weighted by Crippen LogP contribution is -2.40. The highest BCUT2D eigenvalue weighted by Crippen LogP contribution is 2.31. The van der Waals surface area contributed by atoms with E-state index in [2.05, 4.69) is 67.1 Å². The van der Waals surface area contributed by atoms with Gasteiger partial charge >= 0.3 is 11.9 Å². The molecule has 1 aliphatic rings. The van der Waals surface area contributed by atoms with Crippen LogP contribution in [-0.2, 0) is 29.0 Å². The predicted molar refractivity (Wildman–Crippen MR) is 226 cm³/mol. The number of carboxylic acids is 2. The second-order valence-corrected chi connectivity index (χ2v) is 14.6. The number of nitrogens with one attached hydrogen (secondary N) is 4. The molecule has 3 aromatic heterocycles. The van der Waals surface area contributed by atoms with Crippen molar-refractivity contribution in [3.63, 3.8) is 0 Å². The van der Waals surface area contributed by atoms with E-state index < -0.39 is 23.8 Å². The van der Waals surface area contributed by atoms with Crippen molar-refractivity contribution in [2.75, 3.05) is 43.4 Å². The Labute approximate surface area is 351 Å². The number of hydrogen-bond donors (Lipinski definition) is 7. The highest BCUT2D eigenvalue weighted by atomic mass is 16.4. The molecular formula is C41H62N14O5. The number of benzene rings is 2. The summed E-state index contributed by atoms with van der Waals surface area (Å²) in [7, 11) is 0. The van der Waals surface area contributed by atoms with Gasteiger partial charge in [0.25, 0.3) is 0 Å². The second kappa shape index (κ2) is 25.6. The van der Waals surface area contributed by atoms with E-state index in [0.717, 1.165) is 87.5 Å². The standard InChI is InChI=1S/C21H32N6O3.C18H24N8O2.C2H6/c1-2-4-18(21(29)30)19(20-23-25-26-24-20)13-15-6-8-16(9-7-15)22-10-12-27-11-3-5-17(28)14-27;1-2-3-15(18(27)28)16(17-21-23-24-22-17)12-13-4-6-14(7-5-13)19-8-10-26-11-9-20-25-26;1-2/h6-9,17-19,22,28H,2-5,10-14H2,1H3,(H,29,30)(H,23,24,25,26);4-7,9,11,15-16,19H,2-3,8,10,12H2,1H3,(H,27,28)(H,21,22,23,24);1-2H3/t17?,18-,19-;15-,16-;/m00./s1. The van der Waals surface area contributed by atoms with Gasteiger partial charge in [0.15, 0.2) is 11.6 Å². The Morgan fingerprint density at radius 2 is 1.28 bits per heavy atom. The fraction of sp³-hybridized carbons (Fsp3) is 0.561. The lowest BCUT2D eigenvalue weighted by atomic mass is 9.83. The molecule has 5 atom stereocenters. The van der Waals surface area contributed by atoms with Crippen LogP contribution in [0.15, 0.2) is 60.9 Å². The van der Waals surface area contributed by atoms with Crippen LogP contribution in [0.1, 0.15) is 101 Å². The zero-order valence-corrected chi connectivity index (χ0v) is 35.2. The Hall–Kier alpha value is -5.82. The summed E-state index contributed by atoms with van der Waals surface area (Å²) >= 11 is 0. The SMILES string of the molecule is CC.CCC[C@H](C(=O)O)[C@H](Cc1ccc(NCCN2CCCC(O)C2)cc1)c1nn[nH]n1.CCC[C@H](C(=O)O)[C@H](Cc1ccc(NCCn2ccnn2)cc1)c1nn[nH]n1. The van der Waals surface area contributed by atoms with Crippen LogP contribution in [0.3, 0.4) is 0 Å². The number of H-pyrrole nitrogens is 2. The number of aliphatic hydroxyl groups is 1. The molecule has 19 heteroatoms. The Morgan fingerprint density at radius 3 is 1.68 bits per heavy atom. The van der Waals surface area contributed by atoms with Crippen molar-refractivity contribution in [3.05, 3.63) is 83.7 Å². The summed E-state index contributed by atoms with van der Waals surface area (Å²) < 4.78 is 1.76. The molecule has 19 nitrogen and oxygen atoms in total. The molecule has 1 fully saturated rings. The van der Waals surface area contributed by atoms with Crippen molar-refractivity contribution >= 4 is 23.3 Å². The molecule has 0 radical (unpaired) electrons. The molecule has 0 aliphatic carbocycles. The molecule has 6 rings (SSSR count). The molecular weight excluding hydrogens is 769 g/mol. The van der Waals surface area contributed by atoms with Gasteiger partial charge in [-0.3, -0.25) is 19.2 Å². The number of carbonyl (C=O) groups is 2. The molecule has 1 aliphatic heterocycles. The normalized spacial score (nSPS) is 15.9. The highest BCUT2D eigenvalue weighted by molar-refractivity contribution is 5.71. The molecule has 0 bridgehead atoms. The summed E-state index contributed by atoms with van der Waals surface area (Å²) in [6, 6.07) is 16.0. The smallest absolute Gasteiger partial charge is 0.307 e. The molecule has 5 aromatic rings. The van der Waals surface area contributed by atoms with E-state index in [9.17, 15) is 24.9 Å². The number of piperidine rings is 1. The molecule has 1 saturated heterocycles. The van der Waals surface area contributed by atoms with Crippen molar-refractivity contribution in [1.29, 1.82) is 0 Å². The minimum absolute atomic E-state index is 0.201. The van der Waals surface area contributed by atoms with E-state index in [1.165, 1.54) is 0 Å². The fourth-order valence-electron chi connectivity index (χ4n) is 7.38. The van der Waals surface area contributed by atoms with Crippen molar-refractivity contribution in [3.8, 4) is 0 Å². The van der Waals surface area contributed by atoms with Crippen molar-refractivity contribution in [2.45, 2.75) is 104 Å². The first-order valence-corrected chi connectivity index (χ1v) is 21.1. The van der Waals surface area contributed by atoms with Crippen LogP contribution in [0.2, 0.25) is 0 Å². The Bertz CT molecular complexity index is 1880. The van der Waals surface area contributed by atoms with Gasteiger partial charge in [-0.05, 0) is 80.5 Å². The number of β-amino-alcohol motifs (C(OH)–C–C–N with tert-alkyl or cyclic N) is 1. The number of aromatic amines is 2. The molecule has 0 spiro atoms. The zero-order valence-electron chi connectivity index (χ0n) is 35.2. The first-order valence-electron chi connectivity index (χ1n) is 21.1. The third-order valence-corrected chi connectivity index (χ3v) is 10.4. The van der Waals surface area contributed by atoms with Crippen molar-refractivity contribution < 1.29 is 24.9 Å². The minimum atomic E-state index is -0.831. The molecule has 326 valence electrons. The summed E-state index contributed by atoms with van der Waals surface area (Å²) in [5, 5.41) is 71.9. The van der Waals surface area contributed by atoms with Gasteiger partial charge in [0, 0.05) is 55.6 Å². The number of aromatic nitrogens is 11. The van der Waals surface area contributed by atoms with Gasteiger partial charge in [-0.1, -0.05) is 80.4 Å². The van der Waals surface area contributed by atoms with Gasteiger partial charge in [-0.15, -0.1) is 25.5 Å². The van der Waals surface area contributed by atoms with Crippen LogP contribution in [0.4, 0.5) is 11.4 Å². The quantitative estimate of drug-likeness (QED) is 0.0501. The zero-order chi connectivity index (χ0) is 43.1. The average Bonchev–Trinajstić information content (AvgIpc) is 4.09. The van der Waals surface area contributed by atoms with Gasteiger partial charge in [-0.25, -0.2) is 0 Å². The summed E-state index contributed by atoms with van der Waals surface area (Å²) in [4.78, 5) is 25.9. The number of carboxylic acid groups (broad SMARTS) is 2. The highest BCUT2D eigenvalue weighted by Gasteiger charge is 2.33. The van der Waals surface area contributed by atoms with Gasteiger partial charge in [0.1, 0.15) is 0 Å². The fourth-order valence-corrected chi connectivity index (χ4v) is 7.38. The van der Waals surface area contributed by atoms with E-state index in [0.29, 0.717) is 37.3 Å². The number of nitrogens with zero attached hydrogens (tertiary/aromatic N) is 10. The van der Waals surface area contributed by atoms with Crippen LogP contribution in [0.25, 0.3) is 0 Å².